The third kappa shape index (κ3) is 8.51. The summed E-state index contributed by atoms with van der Waals surface area (Å²) in [6.07, 6.45) is 2.41. The SMILES string of the molecule is CCNC(=NCC(CC(C)C)N1CCOCC1)NCC1CCOC1c1ccccc1.I. The second kappa shape index (κ2) is 14.3. The number of rotatable bonds is 9. The predicted octanol–water partition coefficient (Wildman–Crippen LogP) is 3.68. The lowest BCUT2D eigenvalue weighted by molar-refractivity contribution is 0.0143. The predicted molar refractivity (Wildman–Crippen MR) is 138 cm³/mol. The molecule has 7 heteroatoms. The number of hydrogen-bond acceptors (Lipinski definition) is 4. The van der Waals surface area contributed by atoms with Gasteiger partial charge in [0.15, 0.2) is 5.96 Å². The first kappa shape index (κ1) is 26.4. The summed E-state index contributed by atoms with van der Waals surface area (Å²) in [5.41, 5.74) is 1.27. The highest BCUT2D eigenvalue weighted by atomic mass is 127. The van der Waals surface area contributed by atoms with E-state index in [0.717, 1.165) is 71.3 Å². The zero-order valence-corrected chi connectivity index (χ0v) is 21.7. The van der Waals surface area contributed by atoms with Crippen molar-refractivity contribution in [3.05, 3.63) is 35.9 Å². The van der Waals surface area contributed by atoms with E-state index in [0.29, 0.717) is 17.9 Å². The van der Waals surface area contributed by atoms with Gasteiger partial charge in [-0.25, -0.2) is 0 Å². The summed E-state index contributed by atoms with van der Waals surface area (Å²) in [6, 6.07) is 11.0. The van der Waals surface area contributed by atoms with Crippen molar-refractivity contribution < 1.29 is 9.47 Å². The first-order chi connectivity index (χ1) is 14.7. The molecule has 6 nitrogen and oxygen atoms in total. The topological polar surface area (TPSA) is 58.1 Å². The third-order valence-electron chi connectivity index (χ3n) is 5.98. The number of nitrogens with zero attached hydrogens (tertiary/aromatic N) is 2. The zero-order chi connectivity index (χ0) is 21.2. The number of morpholine rings is 1. The van der Waals surface area contributed by atoms with Crippen LogP contribution in [0, 0.1) is 11.8 Å². The van der Waals surface area contributed by atoms with E-state index in [1.807, 2.05) is 0 Å². The maximum absolute atomic E-state index is 6.05. The number of benzene rings is 1. The van der Waals surface area contributed by atoms with Crippen molar-refractivity contribution in [2.75, 3.05) is 52.5 Å². The van der Waals surface area contributed by atoms with Gasteiger partial charge in [-0.15, -0.1) is 24.0 Å². The minimum absolute atomic E-state index is 0. The molecule has 3 atom stereocenters. The van der Waals surface area contributed by atoms with Crippen LogP contribution in [0.4, 0.5) is 0 Å². The molecule has 1 aromatic rings. The van der Waals surface area contributed by atoms with Crippen LogP contribution in [0.3, 0.4) is 0 Å². The molecule has 2 fully saturated rings. The van der Waals surface area contributed by atoms with Crippen LogP contribution in [0.5, 0.6) is 0 Å². The van der Waals surface area contributed by atoms with Crippen LogP contribution in [-0.2, 0) is 9.47 Å². The Kier molecular flexibility index (Phi) is 12.1. The van der Waals surface area contributed by atoms with Crippen LogP contribution in [0.1, 0.15) is 45.3 Å². The van der Waals surface area contributed by atoms with Gasteiger partial charge < -0.3 is 20.1 Å². The molecule has 0 radical (unpaired) electrons. The maximum atomic E-state index is 6.05. The van der Waals surface area contributed by atoms with E-state index in [1.165, 1.54) is 5.56 Å². The standard InChI is InChI=1S/C24H40N4O2.HI/c1-4-25-24(27-18-22(16-19(2)3)28-11-14-29-15-12-28)26-17-21-10-13-30-23(21)20-8-6-5-7-9-20;/h5-9,19,21-23H,4,10-18H2,1-3H3,(H2,25,26,27);1H. The van der Waals surface area contributed by atoms with Crippen molar-refractivity contribution in [2.24, 2.45) is 16.8 Å². The zero-order valence-electron chi connectivity index (χ0n) is 19.4. The minimum Gasteiger partial charge on any atom is -0.379 e. The Hall–Kier alpha value is -0.900. The Morgan fingerprint density at radius 2 is 1.87 bits per heavy atom. The van der Waals surface area contributed by atoms with Gasteiger partial charge in [-0.05, 0) is 31.2 Å². The van der Waals surface area contributed by atoms with E-state index in [-0.39, 0.29) is 30.1 Å². The second-order valence-corrected chi connectivity index (χ2v) is 8.78. The molecular weight excluding hydrogens is 503 g/mol. The first-order valence-electron chi connectivity index (χ1n) is 11.7. The van der Waals surface area contributed by atoms with Gasteiger partial charge in [-0.2, -0.15) is 0 Å². The molecule has 176 valence electrons. The Morgan fingerprint density at radius 3 is 2.55 bits per heavy atom. The first-order valence-corrected chi connectivity index (χ1v) is 11.7. The van der Waals surface area contributed by atoms with Crippen molar-refractivity contribution >= 4 is 29.9 Å². The van der Waals surface area contributed by atoms with E-state index in [2.05, 4.69) is 66.6 Å². The van der Waals surface area contributed by atoms with Gasteiger partial charge in [0, 0.05) is 44.7 Å². The number of guanidine groups is 1. The number of ether oxygens (including phenoxy) is 2. The van der Waals surface area contributed by atoms with Gasteiger partial charge in [0.05, 0.1) is 25.9 Å². The molecule has 1 aromatic carbocycles. The lowest BCUT2D eigenvalue weighted by Gasteiger charge is -2.34. The fraction of sp³-hybridized carbons (Fsp3) is 0.708. The summed E-state index contributed by atoms with van der Waals surface area (Å²) >= 11 is 0. The highest BCUT2D eigenvalue weighted by molar-refractivity contribution is 14.0. The van der Waals surface area contributed by atoms with Crippen LogP contribution in [0.25, 0.3) is 0 Å². The summed E-state index contributed by atoms with van der Waals surface area (Å²) < 4.78 is 11.6. The fourth-order valence-corrected chi connectivity index (χ4v) is 4.45. The van der Waals surface area contributed by atoms with E-state index in [9.17, 15) is 0 Å². The monoisotopic (exact) mass is 544 g/mol. The molecule has 2 aliphatic rings. The largest absolute Gasteiger partial charge is 0.379 e. The summed E-state index contributed by atoms with van der Waals surface area (Å²) in [5, 5.41) is 7.02. The Bertz CT molecular complexity index is 638. The van der Waals surface area contributed by atoms with Gasteiger partial charge in [0.1, 0.15) is 0 Å². The van der Waals surface area contributed by atoms with Gasteiger partial charge in [0.2, 0.25) is 0 Å². The van der Waals surface area contributed by atoms with Crippen molar-refractivity contribution in [1.29, 1.82) is 0 Å². The van der Waals surface area contributed by atoms with Crippen LogP contribution in [0.2, 0.25) is 0 Å². The Labute approximate surface area is 205 Å². The molecule has 0 bridgehead atoms. The number of halogens is 1. The lowest BCUT2D eigenvalue weighted by atomic mass is 9.95. The normalized spacial score (nSPS) is 23.4. The van der Waals surface area contributed by atoms with Gasteiger partial charge in [-0.1, -0.05) is 44.2 Å². The molecule has 0 aromatic heterocycles. The lowest BCUT2D eigenvalue weighted by Crippen LogP contribution is -2.46. The van der Waals surface area contributed by atoms with Crippen LogP contribution >= 0.6 is 24.0 Å². The molecule has 2 saturated heterocycles. The van der Waals surface area contributed by atoms with Crippen LogP contribution < -0.4 is 10.6 Å². The Balaban J connectivity index is 0.00000341. The minimum atomic E-state index is 0. The molecule has 0 aliphatic carbocycles. The average Bonchev–Trinajstić information content (AvgIpc) is 3.24. The number of hydrogen-bond donors (Lipinski definition) is 2. The molecular formula is C24H41IN4O2. The summed E-state index contributed by atoms with van der Waals surface area (Å²) in [6.45, 7) is 13.8. The smallest absolute Gasteiger partial charge is 0.191 e. The van der Waals surface area contributed by atoms with E-state index < -0.39 is 0 Å². The molecule has 0 saturated carbocycles. The average molecular weight is 545 g/mol. The van der Waals surface area contributed by atoms with Crippen molar-refractivity contribution in [3.8, 4) is 0 Å². The summed E-state index contributed by atoms with van der Waals surface area (Å²) in [4.78, 5) is 7.52. The molecule has 3 unspecified atom stereocenters. The highest BCUT2D eigenvalue weighted by Crippen LogP contribution is 2.33. The highest BCUT2D eigenvalue weighted by Gasteiger charge is 2.29. The van der Waals surface area contributed by atoms with Crippen molar-refractivity contribution in [3.63, 3.8) is 0 Å². The summed E-state index contributed by atoms with van der Waals surface area (Å²) in [7, 11) is 0. The van der Waals surface area contributed by atoms with Crippen LogP contribution in [0.15, 0.2) is 35.3 Å². The second-order valence-electron chi connectivity index (χ2n) is 8.78. The Morgan fingerprint density at radius 1 is 1.13 bits per heavy atom. The van der Waals surface area contributed by atoms with E-state index in [1.54, 1.807) is 0 Å². The number of nitrogens with one attached hydrogen (secondary N) is 2. The fourth-order valence-electron chi connectivity index (χ4n) is 4.45. The molecule has 2 aliphatic heterocycles. The van der Waals surface area contributed by atoms with Crippen molar-refractivity contribution in [1.82, 2.24) is 15.5 Å². The molecule has 31 heavy (non-hydrogen) atoms. The number of aliphatic imine (C=N–C) groups is 1. The van der Waals surface area contributed by atoms with Crippen LogP contribution in [-0.4, -0.2) is 69.4 Å². The molecule has 3 rings (SSSR count). The van der Waals surface area contributed by atoms with Crippen molar-refractivity contribution in [2.45, 2.75) is 45.8 Å². The maximum Gasteiger partial charge on any atom is 0.191 e. The van der Waals surface area contributed by atoms with Gasteiger partial charge in [-0.3, -0.25) is 9.89 Å². The molecule has 2 heterocycles. The molecule has 0 spiro atoms. The van der Waals surface area contributed by atoms with E-state index >= 15 is 0 Å². The third-order valence-corrected chi connectivity index (χ3v) is 5.98. The van der Waals surface area contributed by atoms with E-state index in [4.69, 9.17) is 14.5 Å². The molecule has 2 N–H and O–H groups in total. The quantitative estimate of drug-likeness (QED) is 0.282. The molecule has 0 amide bonds. The van der Waals surface area contributed by atoms with Gasteiger partial charge >= 0.3 is 0 Å². The van der Waals surface area contributed by atoms with Gasteiger partial charge in [0.25, 0.3) is 0 Å². The summed E-state index contributed by atoms with van der Waals surface area (Å²) in [5.74, 6) is 2.03.